The molecule has 0 spiro atoms. The van der Waals surface area contributed by atoms with Gasteiger partial charge in [-0.05, 0) is 18.7 Å². The van der Waals surface area contributed by atoms with Gasteiger partial charge in [0, 0.05) is 18.7 Å². The molecule has 1 aromatic heterocycles. The summed E-state index contributed by atoms with van der Waals surface area (Å²) in [5.74, 6) is 0. The molecule has 1 aliphatic heterocycles. The Balaban J connectivity index is 2.29. The van der Waals surface area contributed by atoms with Gasteiger partial charge >= 0.3 is 5.69 Å². The van der Waals surface area contributed by atoms with Crippen LogP contribution < -0.4 is 4.90 Å². The lowest BCUT2D eigenvalue weighted by atomic mass is 10.1. The van der Waals surface area contributed by atoms with Gasteiger partial charge in [0.2, 0.25) is 0 Å². The highest BCUT2D eigenvalue weighted by molar-refractivity contribution is 7.14. The Morgan fingerprint density at radius 3 is 3.00 bits per heavy atom. The minimum absolute atomic E-state index is 0.247. The van der Waals surface area contributed by atoms with Gasteiger partial charge in [-0.3, -0.25) is 10.1 Å². The highest BCUT2D eigenvalue weighted by Gasteiger charge is 2.30. The minimum atomic E-state index is -0.309. The smallest absolute Gasteiger partial charge is 0.303 e. The summed E-state index contributed by atoms with van der Waals surface area (Å²) in [5, 5.41) is 13.2. The van der Waals surface area contributed by atoms with Crippen molar-refractivity contribution in [3.63, 3.8) is 0 Å². The summed E-state index contributed by atoms with van der Waals surface area (Å²) < 4.78 is 0. The van der Waals surface area contributed by atoms with E-state index < -0.39 is 0 Å². The molecule has 0 radical (unpaired) electrons. The molecule has 0 saturated carbocycles. The summed E-state index contributed by atoms with van der Waals surface area (Å²) in [6.07, 6.45) is 1.13. The Bertz CT molecular complexity index is 337. The number of hydrogen-bond acceptors (Lipinski definition) is 4. The van der Waals surface area contributed by atoms with E-state index in [1.165, 1.54) is 11.3 Å². The second-order valence-corrected chi connectivity index (χ2v) is 4.09. The van der Waals surface area contributed by atoms with Crippen LogP contribution in [0.5, 0.6) is 0 Å². The Hall–Kier alpha value is -1.10. The van der Waals surface area contributed by atoms with Crippen molar-refractivity contribution < 1.29 is 4.92 Å². The minimum Gasteiger partial charge on any atom is -0.355 e. The van der Waals surface area contributed by atoms with Crippen LogP contribution in [-0.4, -0.2) is 17.5 Å². The first kappa shape index (κ1) is 8.50. The lowest BCUT2D eigenvalue weighted by molar-refractivity contribution is -0.383. The Morgan fingerprint density at radius 1 is 1.77 bits per heavy atom. The van der Waals surface area contributed by atoms with Gasteiger partial charge in [0.05, 0.1) is 4.92 Å². The molecule has 1 saturated heterocycles. The molecule has 4 nitrogen and oxygen atoms in total. The molecule has 0 aromatic carbocycles. The predicted octanol–water partition coefficient (Wildman–Crippen LogP) is 2.25. The van der Waals surface area contributed by atoms with Gasteiger partial charge < -0.3 is 4.90 Å². The molecule has 1 aliphatic rings. The van der Waals surface area contributed by atoms with Crippen LogP contribution in [0.25, 0.3) is 0 Å². The van der Waals surface area contributed by atoms with Crippen molar-refractivity contribution in [2.75, 3.05) is 11.4 Å². The van der Waals surface area contributed by atoms with E-state index in [1.807, 2.05) is 0 Å². The SMILES string of the molecule is CC1CCN1c1sccc1[N+](=O)[O-]. The second kappa shape index (κ2) is 2.99. The molecule has 0 amide bonds. The van der Waals surface area contributed by atoms with Gasteiger partial charge in [-0.25, -0.2) is 0 Å². The van der Waals surface area contributed by atoms with Crippen molar-refractivity contribution in [1.82, 2.24) is 0 Å². The monoisotopic (exact) mass is 198 g/mol. The molecule has 1 fully saturated rings. The van der Waals surface area contributed by atoms with Crippen molar-refractivity contribution in [3.8, 4) is 0 Å². The second-order valence-electron chi connectivity index (χ2n) is 3.20. The Kier molecular flexibility index (Phi) is 1.95. The highest BCUT2D eigenvalue weighted by Crippen LogP contribution is 2.38. The van der Waals surface area contributed by atoms with Crippen molar-refractivity contribution in [3.05, 3.63) is 21.6 Å². The van der Waals surface area contributed by atoms with E-state index in [0.29, 0.717) is 6.04 Å². The van der Waals surface area contributed by atoms with Crippen molar-refractivity contribution >= 4 is 22.0 Å². The van der Waals surface area contributed by atoms with Crippen molar-refractivity contribution in [2.45, 2.75) is 19.4 Å². The maximum absolute atomic E-state index is 10.6. The third-order valence-electron chi connectivity index (χ3n) is 2.40. The number of hydrogen-bond donors (Lipinski definition) is 0. The molecule has 2 heterocycles. The molecule has 70 valence electrons. The molecule has 1 atom stereocenters. The molecule has 0 bridgehead atoms. The van der Waals surface area contributed by atoms with E-state index in [2.05, 4.69) is 11.8 Å². The average molecular weight is 198 g/mol. The third-order valence-corrected chi connectivity index (χ3v) is 3.34. The first-order chi connectivity index (χ1) is 6.20. The first-order valence-electron chi connectivity index (χ1n) is 4.18. The predicted molar refractivity (Wildman–Crippen MR) is 52.4 cm³/mol. The van der Waals surface area contributed by atoms with Crippen LogP contribution in [0, 0.1) is 10.1 Å². The Morgan fingerprint density at radius 2 is 2.54 bits per heavy atom. The lowest BCUT2D eigenvalue weighted by Crippen LogP contribution is -2.45. The zero-order valence-electron chi connectivity index (χ0n) is 7.27. The van der Waals surface area contributed by atoms with Crippen molar-refractivity contribution in [2.24, 2.45) is 0 Å². The zero-order chi connectivity index (χ0) is 9.42. The van der Waals surface area contributed by atoms with E-state index in [1.54, 1.807) is 11.4 Å². The molecule has 2 rings (SSSR count). The topological polar surface area (TPSA) is 46.4 Å². The lowest BCUT2D eigenvalue weighted by Gasteiger charge is -2.38. The van der Waals surface area contributed by atoms with E-state index in [0.717, 1.165) is 18.0 Å². The van der Waals surface area contributed by atoms with E-state index >= 15 is 0 Å². The maximum atomic E-state index is 10.6. The van der Waals surface area contributed by atoms with Gasteiger partial charge in [0.25, 0.3) is 0 Å². The molecule has 0 aliphatic carbocycles. The van der Waals surface area contributed by atoms with Crippen LogP contribution in [0.1, 0.15) is 13.3 Å². The van der Waals surface area contributed by atoms with Gasteiger partial charge in [-0.15, -0.1) is 11.3 Å². The standard InChI is InChI=1S/C8H10N2O2S/c1-6-2-4-9(6)8-7(10(11)12)3-5-13-8/h3,5-6H,2,4H2,1H3. The molecule has 0 N–H and O–H groups in total. The summed E-state index contributed by atoms with van der Waals surface area (Å²) in [4.78, 5) is 12.4. The van der Waals surface area contributed by atoms with E-state index in [4.69, 9.17) is 0 Å². The summed E-state index contributed by atoms with van der Waals surface area (Å²) >= 11 is 1.45. The molecular weight excluding hydrogens is 188 g/mol. The van der Waals surface area contributed by atoms with Crippen LogP contribution in [-0.2, 0) is 0 Å². The normalized spacial score (nSPS) is 21.3. The molecule has 5 heteroatoms. The average Bonchev–Trinajstić information content (AvgIpc) is 2.50. The zero-order valence-corrected chi connectivity index (χ0v) is 8.08. The summed E-state index contributed by atoms with van der Waals surface area (Å²) in [6.45, 7) is 3.04. The van der Waals surface area contributed by atoms with Gasteiger partial charge in [0.15, 0.2) is 5.00 Å². The van der Waals surface area contributed by atoms with Crippen LogP contribution >= 0.6 is 11.3 Å². The molecule has 13 heavy (non-hydrogen) atoms. The fourth-order valence-electron chi connectivity index (χ4n) is 1.47. The first-order valence-corrected chi connectivity index (χ1v) is 5.06. The Labute approximate surface area is 79.9 Å². The summed E-state index contributed by atoms with van der Waals surface area (Å²) in [5.41, 5.74) is 0.247. The van der Waals surface area contributed by atoms with Crippen LogP contribution in [0.3, 0.4) is 0 Å². The highest BCUT2D eigenvalue weighted by atomic mass is 32.1. The van der Waals surface area contributed by atoms with Gasteiger partial charge in [-0.1, -0.05) is 0 Å². The number of rotatable bonds is 2. The molecular formula is C8H10N2O2S. The summed E-state index contributed by atoms with van der Waals surface area (Å²) in [6, 6.07) is 2.03. The fraction of sp³-hybridized carbons (Fsp3) is 0.500. The van der Waals surface area contributed by atoms with E-state index in [-0.39, 0.29) is 10.6 Å². The van der Waals surface area contributed by atoms with Gasteiger partial charge in [0.1, 0.15) is 0 Å². The van der Waals surface area contributed by atoms with Crippen LogP contribution in [0.15, 0.2) is 11.4 Å². The quantitative estimate of drug-likeness (QED) is 0.541. The number of anilines is 1. The fourth-order valence-corrected chi connectivity index (χ4v) is 2.46. The van der Waals surface area contributed by atoms with Crippen LogP contribution in [0.4, 0.5) is 10.7 Å². The van der Waals surface area contributed by atoms with Crippen molar-refractivity contribution in [1.29, 1.82) is 0 Å². The number of thiophene rings is 1. The summed E-state index contributed by atoms with van der Waals surface area (Å²) in [7, 11) is 0. The molecule has 1 aromatic rings. The number of nitrogens with zero attached hydrogens (tertiary/aromatic N) is 2. The van der Waals surface area contributed by atoms with Gasteiger partial charge in [-0.2, -0.15) is 0 Å². The molecule has 1 unspecified atom stereocenters. The third kappa shape index (κ3) is 1.29. The largest absolute Gasteiger partial charge is 0.355 e. The number of nitro groups is 1. The van der Waals surface area contributed by atoms with E-state index in [9.17, 15) is 10.1 Å². The maximum Gasteiger partial charge on any atom is 0.303 e. The van der Waals surface area contributed by atoms with Crippen LogP contribution in [0.2, 0.25) is 0 Å².